The Bertz CT molecular complexity index is 1270. The van der Waals surface area contributed by atoms with Gasteiger partial charge in [-0.25, -0.2) is 9.97 Å². The molecule has 0 bridgehead atoms. The highest BCUT2D eigenvalue weighted by atomic mass is 14.9. The number of fused-ring (bicyclic) bond motifs is 2. The zero-order valence-corrected chi connectivity index (χ0v) is 15.1. The van der Waals surface area contributed by atoms with Crippen LogP contribution in [0.25, 0.3) is 44.3 Å². The third-order valence-corrected chi connectivity index (χ3v) is 4.96. The molecule has 0 saturated heterocycles. The number of aromatic nitrogens is 2. The molecular formula is C25H18N2. The summed E-state index contributed by atoms with van der Waals surface area (Å²) in [5.41, 5.74) is 5.35. The van der Waals surface area contributed by atoms with E-state index in [-0.39, 0.29) is 0 Å². The highest BCUT2D eigenvalue weighted by Crippen LogP contribution is 2.33. The summed E-state index contributed by atoms with van der Waals surface area (Å²) in [5.74, 6) is 0.761. The topological polar surface area (TPSA) is 25.8 Å². The summed E-state index contributed by atoms with van der Waals surface area (Å²) in [6.45, 7) is 2.09. The van der Waals surface area contributed by atoms with Crippen LogP contribution in [-0.4, -0.2) is 9.97 Å². The van der Waals surface area contributed by atoms with Gasteiger partial charge >= 0.3 is 0 Å². The fraction of sp³-hybridized carbons (Fsp3) is 0.0400. The number of aryl methyl sites for hydroxylation is 1. The average molecular weight is 346 g/mol. The molecule has 0 fully saturated rings. The van der Waals surface area contributed by atoms with E-state index in [1.165, 1.54) is 16.3 Å². The summed E-state index contributed by atoms with van der Waals surface area (Å²) >= 11 is 0. The summed E-state index contributed by atoms with van der Waals surface area (Å²) in [7, 11) is 0. The molecule has 0 unspecified atom stereocenters. The van der Waals surface area contributed by atoms with Crippen LogP contribution >= 0.6 is 0 Å². The normalized spacial score (nSPS) is 11.1. The Kier molecular flexibility index (Phi) is 3.68. The predicted octanol–water partition coefficient (Wildman–Crippen LogP) is 6.43. The van der Waals surface area contributed by atoms with E-state index in [4.69, 9.17) is 9.97 Å². The van der Waals surface area contributed by atoms with Gasteiger partial charge in [0.15, 0.2) is 5.82 Å². The zero-order valence-electron chi connectivity index (χ0n) is 15.1. The lowest BCUT2D eigenvalue weighted by atomic mass is 9.99. The van der Waals surface area contributed by atoms with Gasteiger partial charge in [-0.2, -0.15) is 0 Å². The van der Waals surface area contributed by atoms with Crippen molar-refractivity contribution in [3.63, 3.8) is 0 Å². The molecule has 128 valence electrons. The van der Waals surface area contributed by atoms with Crippen molar-refractivity contribution < 1.29 is 0 Å². The van der Waals surface area contributed by atoms with Gasteiger partial charge in [0.25, 0.3) is 0 Å². The predicted molar refractivity (Wildman–Crippen MR) is 113 cm³/mol. The molecule has 1 aromatic heterocycles. The maximum Gasteiger partial charge on any atom is 0.160 e. The van der Waals surface area contributed by atoms with Gasteiger partial charge in [-0.05, 0) is 23.8 Å². The molecule has 27 heavy (non-hydrogen) atoms. The number of rotatable bonds is 2. The number of hydrogen-bond donors (Lipinski definition) is 0. The third kappa shape index (κ3) is 2.76. The second kappa shape index (κ2) is 6.33. The molecule has 4 aromatic carbocycles. The smallest absolute Gasteiger partial charge is 0.160 e. The first-order valence-electron chi connectivity index (χ1n) is 9.11. The van der Waals surface area contributed by atoms with Crippen LogP contribution in [0, 0.1) is 6.92 Å². The number of benzene rings is 4. The Morgan fingerprint density at radius 1 is 0.593 bits per heavy atom. The molecule has 0 saturated carbocycles. The van der Waals surface area contributed by atoms with Crippen LogP contribution in [0.5, 0.6) is 0 Å². The second-order valence-corrected chi connectivity index (χ2v) is 6.81. The lowest BCUT2D eigenvalue weighted by molar-refractivity contribution is 1.23. The molecule has 0 aliphatic carbocycles. The quantitative estimate of drug-likeness (QED) is 0.368. The molecule has 2 heteroatoms. The van der Waals surface area contributed by atoms with Crippen LogP contribution in [0.3, 0.4) is 0 Å². The molecule has 0 N–H and O–H groups in total. The van der Waals surface area contributed by atoms with Gasteiger partial charge in [-0.15, -0.1) is 0 Å². The van der Waals surface area contributed by atoms with Crippen molar-refractivity contribution in [2.24, 2.45) is 0 Å². The SMILES string of the molecule is Cc1ccc(-c2nc(-c3cccc4ccccc34)c3ccccc3n2)cc1. The van der Waals surface area contributed by atoms with E-state index in [2.05, 4.69) is 85.8 Å². The molecular weight excluding hydrogens is 328 g/mol. The van der Waals surface area contributed by atoms with E-state index in [1.54, 1.807) is 0 Å². The lowest BCUT2D eigenvalue weighted by Gasteiger charge is -2.11. The van der Waals surface area contributed by atoms with E-state index in [0.29, 0.717) is 0 Å². The maximum atomic E-state index is 5.01. The van der Waals surface area contributed by atoms with Crippen LogP contribution < -0.4 is 0 Å². The number of nitrogens with zero attached hydrogens (tertiary/aromatic N) is 2. The van der Waals surface area contributed by atoms with Crippen molar-refractivity contribution in [2.75, 3.05) is 0 Å². The van der Waals surface area contributed by atoms with Crippen molar-refractivity contribution in [3.05, 3.63) is 96.6 Å². The molecule has 1 heterocycles. The molecule has 0 aliphatic heterocycles. The number of hydrogen-bond acceptors (Lipinski definition) is 2. The van der Waals surface area contributed by atoms with Crippen molar-refractivity contribution in [2.45, 2.75) is 6.92 Å². The van der Waals surface area contributed by atoms with Crippen LogP contribution in [-0.2, 0) is 0 Å². The van der Waals surface area contributed by atoms with Gasteiger partial charge < -0.3 is 0 Å². The Hall–Kier alpha value is -3.52. The second-order valence-electron chi connectivity index (χ2n) is 6.81. The van der Waals surface area contributed by atoms with E-state index in [0.717, 1.165) is 33.5 Å². The zero-order chi connectivity index (χ0) is 18.2. The fourth-order valence-electron chi connectivity index (χ4n) is 3.55. The highest BCUT2D eigenvalue weighted by Gasteiger charge is 2.13. The maximum absolute atomic E-state index is 5.01. The molecule has 0 atom stereocenters. The fourth-order valence-corrected chi connectivity index (χ4v) is 3.55. The highest BCUT2D eigenvalue weighted by molar-refractivity contribution is 6.03. The van der Waals surface area contributed by atoms with Crippen molar-refractivity contribution >= 4 is 21.7 Å². The minimum atomic E-state index is 0.761. The van der Waals surface area contributed by atoms with E-state index in [1.807, 2.05) is 12.1 Å². The molecule has 0 radical (unpaired) electrons. The molecule has 5 aromatic rings. The standard InChI is InChI=1S/C25H18N2/c1-17-13-15-19(16-14-17)25-26-23-12-5-4-10-22(23)24(27-25)21-11-6-8-18-7-2-3-9-20(18)21/h2-16H,1H3. The molecule has 0 aliphatic rings. The van der Waals surface area contributed by atoms with Gasteiger partial charge in [-0.3, -0.25) is 0 Å². The molecule has 0 amide bonds. The van der Waals surface area contributed by atoms with E-state index >= 15 is 0 Å². The third-order valence-electron chi connectivity index (χ3n) is 4.96. The molecule has 0 spiro atoms. The van der Waals surface area contributed by atoms with Crippen molar-refractivity contribution in [1.82, 2.24) is 9.97 Å². The van der Waals surface area contributed by atoms with Crippen molar-refractivity contribution in [1.29, 1.82) is 0 Å². The summed E-state index contributed by atoms with van der Waals surface area (Å²) in [5, 5.41) is 3.50. The van der Waals surface area contributed by atoms with Crippen LogP contribution in [0.15, 0.2) is 91.0 Å². The van der Waals surface area contributed by atoms with Crippen LogP contribution in [0.2, 0.25) is 0 Å². The van der Waals surface area contributed by atoms with Crippen LogP contribution in [0.4, 0.5) is 0 Å². The summed E-state index contributed by atoms with van der Waals surface area (Å²) < 4.78 is 0. The first-order chi connectivity index (χ1) is 13.3. The molecule has 5 rings (SSSR count). The van der Waals surface area contributed by atoms with Gasteiger partial charge in [0.2, 0.25) is 0 Å². The Morgan fingerprint density at radius 3 is 2.15 bits per heavy atom. The summed E-state index contributed by atoms with van der Waals surface area (Å²) in [6, 6.07) is 31.5. The van der Waals surface area contributed by atoms with Gasteiger partial charge in [0.05, 0.1) is 11.2 Å². The van der Waals surface area contributed by atoms with Gasteiger partial charge in [-0.1, -0.05) is 90.5 Å². The Morgan fingerprint density at radius 2 is 1.30 bits per heavy atom. The minimum absolute atomic E-state index is 0.761. The first-order valence-corrected chi connectivity index (χ1v) is 9.11. The Balaban J connectivity index is 1.84. The summed E-state index contributed by atoms with van der Waals surface area (Å²) in [6.07, 6.45) is 0. The molecule has 2 nitrogen and oxygen atoms in total. The van der Waals surface area contributed by atoms with Gasteiger partial charge in [0, 0.05) is 16.5 Å². The number of para-hydroxylation sites is 1. The van der Waals surface area contributed by atoms with Crippen LogP contribution in [0.1, 0.15) is 5.56 Å². The Labute approximate surface area is 158 Å². The first kappa shape index (κ1) is 15.7. The largest absolute Gasteiger partial charge is 0.228 e. The van der Waals surface area contributed by atoms with E-state index in [9.17, 15) is 0 Å². The monoisotopic (exact) mass is 346 g/mol. The van der Waals surface area contributed by atoms with E-state index < -0.39 is 0 Å². The minimum Gasteiger partial charge on any atom is -0.228 e. The lowest BCUT2D eigenvalue weighted by Crippen LogP contribution is -1.95. The summed E-state index contributed by atoms with van der Waals surface area (Å²) in [4.78, 5) is 9.84. The van der Waals surface area contributed by atoms with Crippen molar-refractivity contribution in [3.8, 4) is 22.6 Å². The average Bonchev–Trinajstić information content (AvgIpc) is 2.73. The van der Waals surface area contributed by atoms with Gasteiger partial charge in [0.1, 0.15) is 0 Å².